The van der Waals surface area contributed by atoms with E-state index in [1.165, 1.54) is 17.4 Å². The summed E-state index contributed by atoms with van der Waals surface area (Å²) in [4.78, 5) is 4.05. The minimum Gasteiger partial charge on any atom is -0.431 e. The number of rotatable bonds is 2. The van der Waals surface area contributed by atoms with Crippen molar-refractivity contribution in [2.45, 2.75) is 6.92 Å². The molecular formula is C10H7BrFNOS. The first-order valence-electron chi connectivity index (χ1n) is 4.20. The summed E-state index contributed by atoms with van der Waals surface area (Å²) in [6, 6.07) is 4.74. The molecule has 78 valence electrons. The molecule has 0 spiro atoms. The van der Waals surface area contributed by atoms with E-state index in [1.807, 2.05) is 0 Å². The van der Waals surface area contributed by atoms with E-state index in [-0.39, 0.29) is 5.82 Å². The second kappa shape index (κ2) is 4.28. The van der Waals surface area contributed by atoms with Gasteiger partial charge < -0.3 is 4.74 Å². The van der Waals surface area contributed by atoms with Crippen molar-refractivity contribution in [3.8, 4) is 10.9 Å². The molecule has 0 aliphatic carbocycles. The first-order valence-corrected chi connectivity index (χ1v) is 5.87. The fourth-order valence-electron chi connectivity index (χ4n) is 1.02. The molecule has 2 nitrogen and oxygen atoms in total. The lowest BCUT2D eigenvalue weighted by Crippen LogP contribution is -1.86. The third kappa shape index (κ3) is 2.54. The van der Waals surface area contributed by atoms with Crippen LogP contribution in [-0.2, 0) is 0 Å². The summed E-state index contributed by atoms with van der Waals surface area (Å²) >= 11 is 4.57. The van der Waals surface area contributed by atoms with Crippen LogP contribution in [0.25, 0.3) is 0 Å². The van der Waals surface area contributed by atoms with Crippen LogP contribution in [0.1, 0.15) is 5.56 Å². The first kappa shape index (κ1) is 10.6. The van der Waals surface area contributed by atoms with Gasteiger partial charge in [-0.15, -0.1) is 0 Å². The molecule has 0 saturated carbocycles. The average Bonchev–Trinajstić information content (AvgIpc) is 2.58. The van der Waals surface area contributed by atoms with E-state index in [1.54, 1.807) is 24.4 Å². The van der Waals surface area contributed by atoms with Gasteiger partial charge in [-0.05, 0) is 34.5 Å². The number of ether oxygens (including phenoxy) is 1. The molecule has 0 bridgehead atoms. The molecule has 0 radical (unpaired) electrons. The zero-order chi connectivity index (χ0) is 10.8. The van der Waals surface area contributed by atoms with E-state index in [9.17, 15) is 4.39 Å². The number of thiazole rings is 1. The predicted molar refractivity (Wildman–Crippen MR) is 61.0 cm³/mol. The van der Waals surface area contributed by atoms with E-state index < -0.39 is 0 Å². The van der Waals surface area contributed by atoms with Gasteiger partial charge in [0, 0.05) is 11.4 Å². The first-order chi connectivity index (χ1) is 7.15. The van der Waals surface area contributed by atoms with Gasteiger partial charge in [-0.25, -0.2) is 4.39 Å². The Bertz CT molecular complexity index is 486. The van der Waals surface area contributed by atoms with Crippen LogP contribution in [0, 0.1) is 12.7 Å². The highest BCUT2D eigenvalue weighted by atomic mass is 79.9. The van der Waals surface area contributed by atoms with Crippen molar-refractivity contribution in [1.82, 2.24) is 4.98 Å². The number of hydrogen-bond acceptors (Lipinski definition) is 3. The predicted octanol–water partition coefficient (Wildman–Crippen LogP) is 4.15. The van der Waals surface area contributed by atoms with Gasteiger partial charge in [0.1, 0.15) is 16.2 Å². The summed E-state index contributed by atoms with van der Waals surface area (Å²) in [5, 5.41) is 2.30. The highest BCUT2D eigenvalue weighted by Gasteiger charge is 2.04. The highest BCUT2D eigenvalue weighted by Crippen LogP contribution is 2.27. The Morgan fingerprint density at radius 3 is 2.87 bits per heavy atom. The second-order valence-electron chi connectivity index (χ2n) is 2.95. The van der Waals surface area contributed by atoms with Gasteiger partial charge >= 0.3 is 0 Å². The van der Waals surface area contributed by atoms with Crippen molar-refractivity contribution in [1.29, 1.82) is 0 Å². The normalized spacial score (nSPS) is 10.3. The zero-order valence-corrected chi connectivity index (χ0v) is 10.2. The van der Waals surface area contributed by atoms with Crippen LogP contribution in [0.2, 0.25) is 0 Å². The molecule has 5 heteroatoms. The van der Waals surface area contributed by atoms with Gasteiger partial charge in [0.2, 0.25) is 0 Å². The maximum atomic E-state index is 13.2. The molecule has 0 aliphatic rings. The SMILES string of the molecule is Cc1ccc(Oc2nc(Br)cs2)cc1F. The van der Waals surface area contributed by atoms with Gasteiger partial charge in [0.25, 0.3) is 5.19 Å². The Hall–Kier alpha value is -0.940. The molecular weight excluding hydrogens is 281 g/mol. The maximum Gasteiger partial charge on any atom is 0.279 e. The Balaban J connectivity index is 2.21. The van der Waals surface area contributed by atoms with Crippen molar-refractivity contribution in [3.63, 3.8) is 0 Å². The van der Waals surface area contributed by atoms with Crippen LogP contribution < -0.4 is 4.74 Å². The number of benzene rings is 1. The molecule has 2 rings (SSSR count). The Labute approximate surface area is 98.9 Å². The Morgan fingerprint density at radius 1 is 1.47 bits per heavy atom. The van der Waals surface area contributed by atoms with Crippen molar-refractivity contribution in [3.05, 3.63) is 39.6 Å². The summed E-state index contributed by atoms with van der Waals surface area (Å²) in [5.41, 5.74) is 0.600. The summed E-state index contributed by atoms with van der Waals surface area (Å²) in [6.45, 7) is 1.71. The molecule has 0 amide bonds. The fourth-order valence-corrected chi connectivity index (χ4v) is 2.13. The molecule has 0 fully saturated rings. The van der Waals surface area contributed by atoms with Crippen molar-refractivity contribution < 1.29 is 9.13 Å². The molecule has 1 aromatic carbocycles. The van der Waals surface area contributed by atoms with Gasteiger partial charge in [-0.1, -0.05) is 17.4 Å². The highest BCUT2D eigenvalue weighted by molar-refractivity contribution is 9.10. The van der Waals surface area contributed by atoms with Gasteiger partial charge in [0.05, 0.1) is 0 Å². The third-order valence-electron chi connectivity index (χ3n) is 1.80. The largest absolute Gasteiger partial charge is 0.431 e. The average molecular weight is 288 g/mol. The summed E-state index contributed by atoms with van der Waals surface area (Å²) < 4.78 is 19.3. The van der Waals surface area contributed by atoms with E-state index in [2.05, 4.69) is 20.9 Å². The third-order valence-corrected chi connectivity index (χ3v) is 3.23. The molecule has 1 heterocycles. The summed E-state index contributed by atoms with van der Waals surface area (Å²) in [5.74, 6) is 0.183. The number of halogens is 2. The lowest BCUT2D eigenvalue weighted by molar-refractivity contribution is 0.472. The number of nitrogens with zero attached hydrogens (tertiary/aromatic N) is 1. The van der Waals surface area contributed by atoms with E-state index >= 15 is 0 Å². The lowest BCUT2D eigenvalue weighted by Gasteiger charge is -2.02. The topological polar surface area (TPSA) is 22.1 Å². The van der Waals surface area contributed by atoms with Crippen molar-refractivity contribution in [2.75, 3.05) is 0 Å². The molecule has 0 N–H and O–H groups in total. The molecule has 0 saturated heterocycles. The van der Waals surface area contributed by atoms with Crippen LogP contribution in [0.3, 0.4) is 0 Å². The minimum atomic E-state index is -0.275. The summed E-state index contributed by atoms with van der Waals surface area (Å²) in [6.07, 6.45) is 0. The summed E-state index contributed by atoms with van der Waals surface area (Å²) in [7, 11) is 0. The monoisotopic (exact) mass is 287 g/mol. The number of hydrogen-bond donors (Lipinski definition) is 0. The van der Waals surface area contributed by atoms with Crippen LogP contribution in [0.15, 0.2) is 28.2 Å². The molecule has 0 aliphatic heterocycles. The lowest BCUT2D eigenvalue weighted by atomic mass is 10.2. The van der Waals surface area contributed by atoms with Crippen molar-refractivity contribution in [2.24, 2.45) is 0 Å². The van der Waals surface area contributed by atoms with Gasteiger partial charge in [-0.3, -0.25) is 0 Å². The fraction of sp³-hybridized carbons (Fsp3) is 0.100. The van der Waals surface area contributed by atoms with Gasteiger partial charge in [-0.2, -0.15) is 4.98 Å². The molecule has 0 atom stereocenters. The van der Waals surface area contributed by atoms with E-state index in [4.69, 9.17) is 4.74 Å². The van der Waals surface area contributed by atoms with Crippen LogP contribution >= 0.6 is 27.3 Å². The minimum absolute atomic E-state index is 0.275. The standard InChI is InChI=1S/C10H7BrFNOS/c1-6-2-3-7(4-8(6)12)14-10-13-9(11)5-15-10/h2-5H,1H3. The van der Waals surface area contributed by atoms with E-state index in [0.717, 1.165) is 4.60 Å². The number of aryl methyl sites for hydroxylation is 1. The van der Waals surface area contributed by atoms with Crippen molar-refractivity contribution >= 4 is 27.3 Å². The molecule has 15 heavy (non-hydrogen) atoms. The quantitative estimate of drug-likeness (QED) is 0.828. The maximum absolute atomic E-state index is 13.2. The van der Waals surface area contributed by atoms with Crippen LogP contribution in [-0.4, -0.2) is 4.98 Å². The number of aromatic nitrogens is 1. The van der Waals surface area contributed by atoms with Crippen LogP contribution in [0.5, 0.6) is 10.9 Å². The van der Waals surface area contributed by atoms with Crippen LogP contribution in [0.4, 0.5) is 4.39 Å². The Kier molecular flexibility index (Phi) is 3.02. The Morgan fingerprint density at radius 2 is 2.27 bits per heavy atom. The molecule has 1 aromatic heterocycles. The molecule has 2 aromatic rings. The zero-order valence-electron chi connectivity index (χ0n) is 7.83. The smallest absolute Gasteiger partial charge is 0.279 e. The van der Waals surface area contributed by atoms with Gasteiger partial charge in [0.15, 0.2) is 0 Å². The molecule has 0 unspecified atom stereocenters. The van der Waals surface area contributed by atoms with E-state index in [0.29, 0.717) is 16.5 Å². The second-order valence-corrected chi connectivity index (χ2v) is 4.58.